The van der Waals surface area contributed by atoms with Crippen molar-refractivity contribution in [2.45, 2.75) is 39.2 Å². The predicted molar refractivity (Wildman–Crippen MR) is 75.4 cm³/mol. The zero-order chi connectivity index (χ0) is 13.2. The van der Waals surface area contributed by atoms with E-state index < -0.39 is 0 Å². The van der Waals surface area contributed by atoms with Crippen LogP contribution in [0, 0.1) is 5.41 Å². The van der Waals surface area contributed by atoms with Crippen LogP contribution in [0.15, 0.2) is 18.2 Å². The number of aliphatic hydroxyl groups is 1. The van der Waals surface area contributed by atoms with Crippen LogP contribution in [0.2, 0.25) is 0 Å². The molecule has 0 aliphatic heterocycles. The first-order valence-electron chi connectivity index (χ1n) is 6.74. The molecule has 0 amide bonds. The normalized spacial score (nSPS) is 18.9. The van der Waals surface area contributed by atoms with E-state index in [9.17, 15) is 0 Å². The highest BCUT2D eigenvalue weighted by Gasteiger charge is 2.25. The van der Waals surface area contributed by atoms with Crippen LogP contribution < -0.4 is 11.1 Å². The van der Waals surface area contributed by atoms with Crippen LogP contribution in [-0.2, 0) is 6.42 Å². The van der Waals surface area contributed by atoms with E-state index in [-0.39, 0.29) is 12.0 Å². The Labute approximate surface area is 109 Å². The number of fused-ring (bicyclic) bond motifs is 1. The van der Waals surface area contributed by atoms with Gasteiger partial charge in [0, 0.05) is 24.9 Å². The van der Waals surface area contributed by atoms with Crippen LogP contribution in [0.25, 0.3) is 0 Å². The second kappa shape index (κ2) is 5.29. The first-order valence-corrected chi connectivity index (χ1v) is 6.74. The molecular weight excluding hydrogens is 224 g/mol. The van der Waals surface area contributed by atoms with E-state index >= 15 is 0 Å². The zero-order valence-corrected chi connectivity index (χ0v) is 11.4. The minimum atomic E-state index is 0.144. The molecule has 18 heavy (non-hydrogen) atoms. The summed E-state index contributed by atoms with van der Waals surface area (Å²) < 4.78 is 0. The molecule has 1 aliphatic rings. The van der Waals surface area contributed by atoms with Gasteiger partial charge in [0.15, 0.2) is 0 Å². The number of rotatable bonds is 5. The fourth-order valence-corrected chi connectivity index (χ4v) is 2.64. The van der Waals surface area contributed by atoms with Gasteiger partial charge in [0.1, 0.15) is 0 Å². The van der Waals surface area contributed by atoms with E-state index in [4.69, 9.17) is 10.8 Å². The van der Waals surface area contributed by atoms with Crippen molar-refractivity contribution in [2.24, 2.45) is 5.41 Å². The standard InChI is InChI=1S/C15H24N2O/c1-15(2,7-8-18)10-17-14-6-3-11-9-12(16)4-5-13(11)14/h4-5,9,14,17-18H,3,6-8,10,16H2,1-2H3. The Bertz CT molecular complexity index is 415. The second-order valence-electron chi connectivity index (χ2n) is 6.07. The second-order valence-corrected chi connectivity index (χ2v) is 6.07. The lowest BCUT2D eigenvalue weighted by Crippen LogP contribution is -2.32. The van der Waals surface area contributed by atoms with Gasteiger partial charge in [-0.2, -0.15) is 0 Å². The van der Waals surface area contributed by atoms with Crippen molar-refractivity contribution in [1.82, 2.24) is 5.32 Å². The minimum Gasteiger partial charge on any atom is -0.399 e. The SMILES string of the molecule is CC(C)(CCO)CNC1CCc2cc(N)ccc21. The summed E-state index contributed by atoms with van der Waals surface area (Å²) in [5, 5.41) is 12.7. The quantitative estimate of drug-likeness (QED) is 0.701. The third-order valence-electron chi connectivity index (χ3n) is 3.86. The molecule has 0 heterocycles. The fraction of sp³-hybridized carbons (Fsp3) is 0.600. The van der Waals surface area contributed by atoms with Crippen LogP contribution in [-0.4, -0.2) is 18.3 Å². The summed E-state index contributed by atoms with van der Waals surface area (Å²) in [7, 11) is 0. The van der Waals surface area contributed by atoms with Gasteiger partial charge in [0.05, 0.1) is 0 Å². The van der Waals surface area contributed by atoms with E-state index in [0.717, 1.165) is 31.5 Å². The van der Waals surface area contributed by atoms with Gasteiger partial charge >= 0.3 is 0 Å². The number of nitrogens with two attached hydrogens (primary N) is 1. The van der Waals surface area contributed by atoms with Crippen molar-refractivity contribution in [2.75, 3.05) is 18.9 Å². The van der Waals surface area contributed by atoms with E-state index in [1.54, 1.807) is 0 Å². The largest absolute Gasteiger partial charge is 0.399 e. The number of nitrogens with one attached hydrogen (secondary N) is 1. The lowest BCUT2D eigenvalue weighted by molar-refractivity contribution is 0.202. The molecule has 4 N–H and O–H groups in total. The average Bonchev–Trinajstić information content (AvgIpc) is 2.68. The third-order valence-corrected chi connectivity index (χ3v) is 3.86. The summed E-state index contributed by atoms with van der Waals surface area (Å²) in [6, 6.07) is 6.67. The maximum absolute atomic E-state index is 9.04. The molecule has 1 aromatic carbocycles. The van der Waals surface area contributed by atoms with E-state index in [1.165, 1.54) is 11.1 Å². The average molecular weight is 248 g/mol. The molecule has 1 unspecified atom stereocenters. The molecule has 0 saturated carbocycles. The van der Waals surface area contributed by atoms with Gasteiger partial charge < -0.3 is 16.2 Å². The molecule has 1 aromatic rings. The summed E-state index contributed by atoms with van der Waals surface area (Å²) in [5.41, 5.74) is 9.59. The number of hydrogen-bond donors (Lipinski definition) is 3. The van der Waals surface area contributed by atoms with Gasteiger partial charge in [0.2, 0.25) is 0 Å². The van der Waals surface area contributed by atoms with Gasteiger partial charge in [-0.15, -0.1) is 0 Å². The van der Waals surface area contributed by atoms with Gasteiger partial charge in [-0.05, 0) is 47.9 Å². The highest BCUT2D eigenvalue weighted by molar-refractivity contribution is 5.47. The maximum Gasteiger partial charge on any atom is 0.0436 e. The first kappa shape index (κ1) is 13.4. The molecule has 0 radical (unpaired) electrons. The minimum absolute atomic E-state index is 0.144. The van der Waals surface area contributed by atoms with Crippen molar-refractivity contribution in [3.05, 3.63) is 29.3 Å². The van der Waals surface area contributed by atoms with Crippen molar-refractivity contribution in [3.63, 3.8) is 0 Å². The summed E-state index contributed by atoms with van der Waals surface area (Å²) in [6.45, 7) is 5.57. The lowest BCUT2D eigenvalue weighted by Gasteiger charge is -2.26. The Morgan fingerprint density at radius 1 is 1.44 bits per heavy atom. The Morgan fingerprint density at radius 2 is 2.22 bits per heavy atom. The van der Waals surface area contributed by atoms with Gasteiger partial charge in [-0.25, -0.2) is 0 Å². The molecule has 1 atom stereocenters. The third kappa shape index (κ3) is 3.03. The van der Waals surface area contributed by atoms with Crippen LogP contribution in [0.1, 0.15) is 43.9 Å². The van der Waals surface area contributed by atoms with Gasteiger partial charge in [-0.1, -0.05) is 19.9 Å². The summed E-state index contributed by atoms with van der Waals surface area (Å²) >= 11 is 0. The van der Waals surface area contributed by atoms with Gasteiger partial charge in [0.25, 0.3) is 0 Å². The number of aryl methyl sites for hydroxylation is 1. The Balaban J connectivity index is 1.98. The van der Waals surface area contributed by atoms with Crippen molar-refractivity contribution < 1.29 is 5.11 Å². The molecule has 2 rings (SSSR count). The molecule has 3 nitrogen and oxygen atoms in total. The summed E-state index contributed by atoms with van der Waals surface area (Å²) in [6.07, 6.45) is 3.09. The molecular formula is C15H24N2O. The van der Waals surface area contributed by atoms with E-state index in [1.807, 2.05) is 6.07 Å². The lowest BCUT2D eigenvalue weighted by atomic mass is 9.89. The van der Waals surface area contributed by atoms with Crippen molar-refractivity contribution in [3.8, 4) is 0 Å². The van der Waals surface area contributed by atoms with Crippen LogP contribution in [0.3, 0.4) is 0 Å². The fourth-order valence-electron chi connectivity index (χ4n) is 2.64. The summed E-state index contributed by atoms with van der Waals surface area (Å²) in [4.78, 5) is 0. The van der Waals surface area contributed by atoms with Gasteiger partial charge in [-0.3, -0.25) is 0 Å². The molecule has 0 aromatic heterocycles. The predicted octanol–water partition coefficient (Wildman–Crippen LogP) is 2.25. The zero-order valence-electron chi connectivity index (χ0n) is 11.4. The highest BCUT2D eigenvalue weighted by atomic mass is 16.3. The molecule has 0 fully saturated rings. The number of benzene rings is 1. The topological polar surface area (TPSA) is 58.3 Å². The number of hydrogen-bond acceptors (Lipinski definition) is 3. The molecule has 0 spiro atoms. The Kier molecular flexibility index (Phi) is 3.93. The van der Waals surface area contributed by atoms with Crippen molar-refractivity contribution in [1.29, 1.82) is 0 Å². The maximum atomic E-state index is 9.04. The number of aliphatic hydroxyl groups excluding tert-OH is 1. The Hall–Kier alpha value is -1.06. The first-order chi connectivity index (χ1) is 8.52. The van der Waals surface area contributed by atoms with E-state index in [2.05, 4.69) is 31.3 Å². The number of anilines is 1. The highest BCUT2D eigenvalue weighted by Crippen LogP contribution is 2.33. The molecule has 0 saturated heterocycles. The molecule has 100 valence electrons. The molecule has 0 bridgehead atoms. The summed E-state index contributed by atoms with van der Waals surface area (Å²) in [5.74, 6) is 0. The van der Waals surface area contributed by atoms with Crippen LogP contribution in [0.5, 0.6) is 0 Å². The smallest absolute Gasteiger partial charge is 0.0436 e. The van der Waals surface area contributed by atoms with Crippen LogP contribution in [0.4, 0.5) is 5.69 Å². The van der Waals surface area contributed by atoms with E-state index in [0.29, 0.717) is 6.04 Å². The molecule has 3 heteroatoms. The van der Waals surface area contributed by atoms with Crippen LogP contribution >= 0.6 is 0 Å². The Morgan fingerprint density at radius 3 is 2.94 bits per heavy atom. The van der Waals surface area contributed by atoms with Crippen molar-refractivity contribution >= 4 is 5.69 Å². The molecule has 1 aliphatic carbocycles. The number of nitrogen functional groups attached to an aromatic ring is 1. The monoisotopic (exact) mass is 248 g/mol.